The molecule has 0 fully saturated rings. The number of hydrogen-bond acceptors (Lipinski definition) is 3. The van der Waals surface area contributed by atoms with Crippen LogP contribution in [0.5, 0.6) is 5.75 Å². The summed E-state index contributed by atoms with van der Waals surface area (Å²) >= 11 is 0. The van der Waals surface area contributed by atoms with Crippen molar-refractivity contribution in [3.8, 4) is 5.75 Å². The van der Waals surface area contributed by atoms with Crippen molar-refractivity contribution in [2.24, 2.45) is 5.41 Å². The van der Waals surface area contributed by atoms with Gasteiger partial charge in [0.1, 0.15) is 5.75 Å². The van der Waals surface area contributed by atoms with Gasteiger partial charge in [0.25, 0.3) is 0 Å². The molecule has 5 nitrogen and oxygen atoms in total. The van der Waals surface area contributed by atoms with Gasteiger partial charge in [-0.1, -0.05) is 32.9 Å². The van der Waals surface area contributed by atoms with Crippen LogP contribution in [0.4, 0.5) is 4.79 Å². The van der Waals surface area contributed by atoms with Crippen LogP contribution in [0.2, 0.25) is 0 Å². The monoisotopic (exact) mass is 280 g/mol. The molecule has 1 rings (SSSR count). The van der Waals surface area contributed by atoms with Crippen molar-refractivity contribution in [2.45, 2.75) is 33.3 Å². The van der Waals surface area contributed by atoms with Gasteiger partial charge in [-0.15, -0.1) is 0 Å². The van der Waals surface area contributed by atoms with E-state index in [0.717, 1.165) is 5.56 Å². The number of carbonyl (C=O) groups excluding carboxylic acids is 1. The van der Waals surface area contributed by atoms with Gasteiger partial charge in [-0.2, -0.15) is 0 Å². The third-order valence-electron chi connectivity index (χ3n) is 3.07. The van der Waals surface area contributed by atoms with E-state index in [0.29, 0.717) is 13.0 Å². The van der Waals surface area contributed by atoms with Crippen LogP contribution in [-0.2, 0) is 6.42 Å². The molecule has 1 atom stereocenters. The smallest absolute Gasteiger partial charge is 0.314 e. The van der Waals surface area contributed by atoms with Gasteiger partial charge in [0.15, 0.2) is 0 Å². The molecule has 0 radical (unpaired) electrons. The molecule has 1 aromatic rings. The minimum absolute atomic E-state index is 0.222. The quantitative estimate of drug-likeness (QED) is 0.662. The number of amides is 2. The largest absolute Gasteiger partial charge is 0.508 e. The van der Waals surface area contributed by atoms with Crippen molar-refractivity contribution in [1.29, 1.82) is 0 Å². The molecule has 1 aromatic carbocycles. The summed E-state index contributed by atoms with van der Waals surface area (Å²) in [7, 11) is 0. The minimum Gasteiger partial charge on any atom is -0.508 e. The molecule has 0 heterocycles. The molecular formula is C15H24N2O3. The normalized spacial score (nSPS) is 12.8. The lowest BCUT2D eigenvalue weighted by Gasteiger charge is -2.25. The number of carbonyl (C=O) groups is 1. The number of nitrogens with one attached hydrogen (secondary N) is 2. The summed E-state index contributed by atoms with van der Waals surface area (Å²) in [5.41, 5.74) is 0.703. The van der Waals surface area contributed by atoms with Crippen LogP contribution in [0.1, 0.15) is 26.3 Å². The molecule has 0 saturated carbocycles. The summed E-state index contributed by atoms with van der Waals surface area (Å²) in [5.74, 6) is 0.222. The van der Waals surface area contributed by atoms with Crippen molar-refractivity contribution in [3.05, 3.63) is 29.8 Å². The molecule has 1 unspecified atom stereocenters. The van der Waals surface area contributed by atoms with Crippen molar-refractivity contribution >= 4 is 6.03 Å². The van der Waals surface area contributed by atoms with Gasteiger partial charge >= 0.3 is 6.03 Å². The maximum Gasteiger partial charge on any atom is 0.314 e. The Morgan fingerprint density at radius 3 is 2.60 bits per heavy atom. The average Bonchev–Trinajstić information content (AvgIpc) is 2.35. The van der Waals surface area contributed by atoms with Crippen LogP contribution in [0.15, 0.2) is 24.3 Å². The van der Waals surface area contributed by atoms with Crippen LogP contribution >= 0.6 is 0 Å². The van der Waals surface area contributed by atoms with E-state index in [1.165, 1.54) is 0 Å². The topological polar surface area (TPSA) is 81.6 Å². The second kappa shape index (κ2) is 7.14. The molecular weight excluding hydrogens is 256 g/mol. The lowest BCUT2D eigenvalue weighted by atomic mass is 9.89. The number of rotatable bonds is 5. The van der Waals surface area contributed by atoms with E-state index in [1.54, 1.807) is 18.2 Å². The fourth-order valence-corrected chi connectivity index (χ4v) is 1.59. The first kappa shape index (κ1) is 16.3. The number of aromatic hydroxyl groups is 1. The molecule has 0 spiro atoms. The average molecular weight is 280 g/mol. The van der Waals surface area contributed by atoms with Gasteiger partial charge in [-0.05, 0) is 29.5 Å². The standard InChI is InChI=1S/C15H24N2O3/c1-15(2,3)13(19)10-17-14(20)16-8-7-11-5-4-6-12(18)9-11/h4-6,9,13,18-19H,7-8,10H2,1-3H3,(H2,16,17,20). The zero-order chi connectivity index (χ0) is 15.2. The van der Waals surface area contributed by atoms with Crippen LogP contribution in [-0.4, -0.2) is 35.4 Å². The number of aliphatic hydroxyl groups is 1. The van der Waals surface area contributed by atoms with E-state index in [9.17, 15) is 15.0 Å². The zero-order valence-corrected chi connectivity index (χ0v) is 12.3. The second-order valence-electron chi connectivity index (χ2n) is 5.94. The van der Waals surface area contributed by atoms with Gasteiger partial charge in [0.2, 0.25) is 0 Å². The molecule has 0 aromatic heterocycles. The van der Waals surface area contributed by atoms with Crippen LogP contribution < -0.4 is 10.6 Å². The summed E-state index contributed by atoms with van der Waals surface area (Å²) < 4.78 is 0. The Hall–Kier alpha value is -1.75. The number of phenolic OH excluding ortho intramolecular Hbond substituents is 1. The van der Waals surface area contributed by atoms with E-state index >= 15 is 0 Å². The molecule has 5 heteroatoms. The molecule has 0 aliphatic heterocycles. The first-order valence-electron chi connectivity index (χ1n) is 6.76. The molecule has 4 N–H and O–H groups in total. The molecule has 0 aliphatic carbocycles. The number of benzene rings is 1. The Bertz CT molecular complexity index is 441. The van der Waals surface area contributed by atoms with E-state index in [4.69, 9.17) is 0 Å². The Morgan fingerprint density at radius 1 is 1.30 bits per heavy atom. The summed E-state index contributed by atoms with van der Waals surface area (Å²) in [4.78, 5) is 11.5. The Balaban J connectivity index is 2.24. The first-order valence-corrected chi connectivity index (χ1v) is 6.76. The van der Waals surface area contributed by atoms with Gasteiger partial charge in [-0.25, -0.2) is 4.79 Å². The van der Waals surface area contributed by atoms with Gasteiger partial charge in [-0.3, -0.25) is 0 Å². The molecule has 20 heavy (non-hydrogen) atoms. The number of urea groups is 1. The highest BCUT2D eigenvalue weighted by molar-refractivity contribution is 5.73. The zero-order valence-electron chi connectivity index (χ0n) is 12.3. The highest BCUT2D eigenvalue weighted by Gasteiger charge is 2.22. The lowest BCUT2D eigenvalue weighted by Crippen LogP contribution is -2.44. The molecule has 0 aliphatic rings. The predicted molar refractivity (Wildman–Crippen MR) is 78.7 cm³/mol. The van der Waals surface area contributed by atoms with Crippen molar-refractivity contribution in [2.75, 3.05) is 13.1 Å². The maximum absolute atomic E-state index is 11.5. The summed E-state index contributed by atoms with van der Waals surface area (Å²) in [6, 6.07) is 6.64. The van der Waals surface area contributed by atoms with Crippen molar-refractivity contribution in [1.82, 2.24) is 10.6 Å². The van der Waals surface area contributed by atoms with E-state index < -0.39 is 6.10 Å². The lowest BCUT2D eigenvalue weighted by molar-refractivity contribution is 0.0650. The predicted octanol–water partition coefficient (Wildman–Crippen LogP) is 1.64. The molecule has 0 saturated heterocycles. The fourth-order valence-electron chi connectivity index (χ4n) is 1.59. The first-order chi connectivity index (χ1) is 9.29. The van der Waals surface area contributed by atoms with Crippen LogP contribution in [0, 0.1) is 5.41 Å². The Labute approximate surface area is 120 Å². The van der Waals surface area contributed by atoms with Crippen LogP contribution in [0.25, 0.3) is 0 Å². The Morgan fingerprint density at radius 2 is 2.00 bits per heavy atom. The maximum atomic E-state index is 11.5. The highest BCUT2D eigenvalue weighted by atomic mass is 16.3. The highest BCUT2D eigenvalue weighted by Crippen LogP contribution is 2.17. The number of phenols is 1. The van der Waals surface area contributed by atoms with Gasteiger partial charge < -0.3 is 20.8 Å². The minimum atomic E-state index is -0.584. The van der Waals surface area contributed by atoms with E-state index in [2.05, 4.69) is 10.6 Å². The van der Waals surface area contributed by atoms with Gasteiger partial charge in [0.05, 0.1) is 6.10 Å². The third-order valence-corrected chi connectivity index (χ3v) is 3.07. The van der Waals surface area contributed by atoms with E-state index in [1.807, 2.05) is 26.8 Å². The van der Waals surface area contributed by atoms with Crippen molar-refractivity contribution < 1.29 is 15.0 Å². The third kappa shape index (κ3) is 5.93. The molecule has 2 amide bonds. The van der Waals surface area contributed by atoms with E-state index in [-0.39, 0.29) is 23.7 Å². The van der Waals surface area contributed by atoms with Crippen LogP contribution in [0.3, 0.4) is 0 Å². The SMILES string of the molecule is CC(C)(C)C(O)CNC(=O)NCCc1cccc(O)c1. The number of aliphatic hydroxyl groups excluding tert-OH is 1. The fraction of sp³-hybridized carbons (Fsp3) is 0.533. The van der Waals surface area contributed by atoms with Crippen molar-refractivity contribution in [3.63, 3.8) is 0 Å². The Kier molecular flexibility index (Phi) is 5.82. The summed E-state index contributed by atoms with van der Waals surface area (Å²) in [6.07, 6.45) is 0.0585. The number of hydrogen-bond donors (Lipinski definition) is 4. The summed E-state index contributed by atoms with van der Waals surface area (Å²) in [6.45, 7) is 6.44. The second-order valence-corrected chi connectivity index (χ2v) is 5.94. The molecule has 0 bridgehead atoms. The van der Waals surface area contributed by atoms with Gasteiger partial charge in [0, 0.05) is 13.1 Å². The molecule has 112 valence electrons. The summed E-state index contributed by atoms with van der Waals surface area (Å²) in [5, 5.41) is 24.5.